The summed E-state index contributed by atoms with van der Waals surface area (Å²) in [7, 11) is 2.02. The maximum atomic E-state index is 5.80. The molecule has 0 amide bonds. The van der Waals surface area contributed by atoms with Gasteiger partial charge in [0.2, 0.25) is 0 Å². The van der Waals surface area contributed by atoms with Crippen LogP contribution in [-0.4, -0.2) is 0 Å². The molecule has 23 heavy (non-hydrogen) atoms. The van der Waals surface area contributed by atoms with E-state index in [-0.39, 0.29) is 0 Å². The van der Waals surface area contributed by atoms with E-state index in [9.17, 15) is 0 Å². The van der Waals surface area contributed by atoms with E-state index in [1.165, 1.54) is 11.1 Å². The Labute approximate surface area is 137 Å². The second-order valence-electron chi connectivity index (χ2n) is 5.47. The van der Waals surface area contributed by atoms with E-state index in [1.807, 2.05) is 54.3 Å². The molecule has 0 bridgehead atoms. The summed E-state index contributed by atoms with van der Waals surface area (Å²) >= 11 is 0. The lowest BCUT2D eigenvalue weighted by Crippen LogP contribution is -2.25. The molecular formula is C21H20NO+. The van der Waals surface area contributed by atoms with Gasteiger partial charge in [0, 0.05) is 12.1 Å². The number of pyridine rings is 1. The Bertz CT molecular complexity index is 759. The molecule has 0 spiro atoms. The molecule has 1 heterocycles. The van der Waals surface area contributed by atoms with Crippen LogP contribution in [0.15, 0.2) is 79.1 Å². The molecule has 0 aliphatic heterocycles. The summed E-state index contributed by atoms with van der Waals surface area (Å²) in [6, 6.07) is 22.5. The van der Waals surface area contributed by atoms with E-state index < -0.39 is 0 Å². The van der Waals surface area contributed by atoms with Crippen LogP contribution in [0.1, 0.15) is 16.7 Å². The first-order chi connectivity index (χ1) is 11.3. The number of nitrogens with zero attached hydrogens (tertiary/aromatic N) is 1. The van der Waals surface area contributed by atoms with Crippen molar-refractivity contribution in [1.82, 2.24) is 0 Å². The van der Waals surface area contributed by atoms with E-state index in [4.69, 9.17) is 4.74 Å². The minimum absolute atomic E-state index is 0.594. The normalized spacial score (nSPS) is 10.8. The Kier molecular flexibility index (Phi) is 4.85. The Hall–Kier alpha value is -2.87. The van der Waals surface area contributed by atoms with Crippen molar-refractivity contribution >= 4 is 12.2 Å². The van der Waals surface area contributed by atoms with Crippen LogP contribution in [0.4, 0.5) is 0 Å². The fourth-order valence-corrected chi connectivity index (χ4v) is 2.23. The Morgan fingerprint density at radius 1 is 0.783 bits per heavy atom. The van der Waals surface area contributed by atoms with Gasteiger partial charge in [0.25, 0.3) is 0 Å². The van der Waals surface area contributed by atoms with Gasteiger partial charge in [0.15, 0.2) is 12.4 Å². The van der Waals surface area contributed by atoms with E-state index in [0.29, 0.717) is 6.61 Å². The van der Waals surface area contributed by atoms with Crippen molar-refractivity contribution in [2.45, 2.75) is 6.61 Å². The molecule has 2 heteroatoms. The third-order valence-corrected chi connectivity index (χ3v) is 3.60. The van der Waals surface area contributed by atoms with Gasteiger partial charge in [-0.05, 0) is 28.8 Å². The topological polar surface area (TPSA) is 13.1 Å². The Balaban J connectivity index is 1.59. The molecular weight excluding hydrogens is 282 g/mol. The van der Waals surface area contributed by atoms with Crippen molar-refractivity contribution in [2.75, 3.05) is 0 Å². The van der Waals surface area contributed by atoms with Gasteiger partial charge >= 0.3 is 0 Å². The Morgan fingerprint density at radius 2 is 1.39 bits per heavy atom. The van der Waals surface area contributed by atoms with Crippen LogP contribution in [0.5, 0.6) is 5.75 Å². The van der Waals surface area contributed by atoms with Gasteiger partial charge in [0.05, 0.1) is 0 Å². The van der Waals surface area contributed by atoms with Crippen LogP contribution in [0, 0.1) is 0 Å². The van der Waals surface area contributed by atoms with Crippen molar-refractivity contribution in [2.24, 2.45) is 7.05 Å². The predicted molar refractivity (Wildman–Crippen MR) is 93.8 cm³/mol. The largest absolute Gasteiger partial charge is 0.489 e. The van der Waals surface area contributed by atoms with Crippen molar-refractivity contribution in [1.29, 1.82) is 0 Å². The average Bonchev–Trinajstić information content (AvgIpc) is 2.61. The van der Waals surface area contributed by atoms with Crippen molar-refractivity contribution in [3.05, 3.63) is 95.8 Å². The molecule has 0 aliphatic rings. The molecule has 0 atom stereocenters. The first-order valence-corrected chi connectivity index (χ1v) is 7.70. The van der Waals surface area contributed by atoms with Crippen LogP contribution in [0.25, 0.3) is 12.2 Å². The minimum atomic E-state index is 0.594. The third-order valence-electron chi connectivity index (χ3n) is 3.60. The highest BCUT2D eigenvalue weighted by Gasteiger charge is 1.96. The number of benzene rings is 2. The lowest BCUT2D eigenvalue weighted by Gasteiger charge is -2.06. The maximum absolute atomic E-state index is 5.80. The summed E-state index contributed by atoms with van der Waals surface area (Å²) in [5, 5.41) is 0. The molecule has 2 nitrogen and oxygen atoms in total. The van der Waals surface area contributed by atoms with E-state index in [2.05, 4.69) is 48.6 Å². The molecule has 0 fully saturated rings. The highest BCUT2D eigenvalue weighted by atomic mass is 16.5. The summed E-state index contributed by atoms with van der Waals surface area (Å²) in [5.74, 6) is 0.887. The molecule has 0 unspecified atom stereocenters. The average molecular weight is 302 g/mol. The summed E-state index contributed by atoms with van der Waals surface area (Å²) in [5.41, 5.74) is 3.52. The summed E-state index contributed by atoms with van der Waals surface area (Å²) < 4.78 is 7.82. The van der Waals surface area contributed by atoms with E-state index >= 15 is 0 Å². The maximum Gasteiger partial charge on any atom is 0.169 e. The van der Waals surface area contributed by atoms with E-state index in [1.54, 1.807) is 0 Å². The molecule has 1 aromatic heterocycles. The number of aromatic nitrogens is 1. The highest BCUT2D eigenvalue weighted by Crippen LogP contribution is 2.16. The zero-order valence-electron chi connectivity index (χ0n) is 13.2. The zero-order chi connectivity index (χ0) is 15.9. The molecule has 114 valence electrons. The second-order valence-corrected chi connectivity index (χ2v) is 5.47. The molecule has 3 aromatic rings. The zero-order valence-corrected chi connectivity index (χ0v) is 13.2. The van der Waals surface area contributed by atoms with Crippen LogP contribution in [-0.2, 0) is 13.7 Å². The second kappa shape index (κ2) is 7.41. The van der Waals surface area contributed by atoms with Gasteiger partial charge in [-0.15, -0.1) is 0 Å². The number of rotatable bonds is 5. The fourth-order valence-electron chi connectivity index (χ4n) is 2.23. The van der Waals surface area contributed by atoms with Gasteiger partial charge in [-0.3, -0.25) is 0 Å². The first kappa shape index (κ1) is 15.0. The van der Waals surface area contributed by atoms with Gasteiger partial charge in [-0.2, -0.15) is 0 Å². The number of hydrogen-bond acceptors (Lipinski definition) is 1. The first-order valence-electron chi connectivity index (χ1n) is 7.70. The van der Waals surface area contributed by atoms with Gasteiger partial charge in [-0.1, -0.05) is 54.6 Å². The molecule has 0 radical (unpaired) electrons. The number of hydrogen-bond donors (Lipinski definition) is 0. The quantitative estimate of drug-likeness (QED) is 0.642. The summed E-state index contributed by atoms with van der Waals surface area (Å²) in [6.45, 7) is 0.594. The smallest absolute Gasteiger partial charge is 0.169 e. The summed E-state index contributed by atoms with van der Waals surface area (Å²) in [6.07, 6.45) is 8.30. The standard InChI is InChI=1S/C21H20NO/c1-22-15-13-19(14-16-22)8-7-18-9-11-21(12-10-18)23-17-20-5-3-2-4-6-20/h2-16H,17H2,1H3/q+1/b8-7+. The lowest BCUT2D eigenvalue weighted by atomic mass is 10.1. The monoisotopic (exact) mass is 302 g/mol. The van der Waals surface area contributed by atoms with Gasteiger partial charge in [0.1, 0.15) is 19.4 Å². The van der Waals surface area contributed by atoms with Gasteiger partial charge in [-0.25, -0.2) is 4.57 Å². The van der Waals surface area contributed by atoms with Crippen molar-refractivity contribution in [3.8, 4) is 5.75 Å². The fraction of sp³-hybridized carbons (Fsp3) is 0.0952. The van der Waals surface area contributed by atoms with Gasteiger partial charge < -0.3 is 4.74 Å². The third kappa shape index (κ3) is 4.55. The van der Waals surface area contributed by atoms with Crippen molar-refractivity contribution < 1.29 is 9.30 Å². The van der Waals surface area contributed by atoms with Crippen LogP contribution < -0.4 is 9.30 Å². The number of aryl methyl sites for hydroxylation is 1. The molecule has 0 saturated carbocycles. The van der Waals surface area contributed by atoms with Crippen LogP contribution in [0.3, 0.4) is 0 Å². The highest BCUT2D eigenvalue weighted by molar-refractivity contribution is 5.69. The molecule has 0 saturated heterocycles. The summed E-state index contributed by atoms with van der Waals surface area (Å²) in [4.78, 5) is 0. The molecule has 0 N–H and O–H groups in total. The van der Waals surface area contributed by atoms with Crippen LogP contribution in [0.2, 0.25) is 0 Å². The Morgan fingerprint density at radius 3 is 2.04 bits per heavy atom. The molecule has 3 rings (SSSR count). The molecule has 0 aliphatic carbocycles. The van der Waals surface area contributed by atoms with Crippen molar-refractivity contribution in [3.63, 3.8) is 0 Å². The predicted octanol–water partition coefficient (Wildman–Crippen LogP) is 4.26. The van der Waals surface area contributed by atoms with E-state index in [0.717, 1.165) is 11.3 Å². The SMILES string of the molecule is C[n+]1ccc(/C=C/c2ccc(OCc3ccccc3)cc2)cc1. The molecule has 2 aromatic carbocycles. The minimum Gasteiger partial charge on any atom is -0.489 e. The van der Waals surface area contributed by atoms with Crippen LogP contribution >= 0.6 is 0 Å². The lowest BCUT2D eigenvalue weighted by molar-refractivity contribution is -0.671. The number of ether oxygens (including phenoxy) is 1.